The van der Waals surface area contributed by atoms with Crippen LogP contribution in [-0.2, 0) is 6.54 Å². The minimum absolute atomic E-state index is 0.0946. The average molecular weight is 341 g/mol. The van der Waals surface area contributed by atoms with Crippen molar-refractivity contribution in [1.29, 1.82) is 0 Å². The van der Waals surface area contributed by atoms with Gasteiger partial charge in [-0.15, -0.1) is 0 Å². The number of benzene rings is 1. The van der Waals surface area contributed by atoms with E-state index in [0.717, 1.165) is 0 Å². The number of urea groups is 1. The van der Waals surface area contributed by atoms with E-state index in [0.29, 0.717) is 16.3 Å². The molecule has 1 unspecified atom stereocenters. The van der Waals surface area contributed by atoms with Crippen molar-refractivity contribution in [1.82, 2.24) is 10.6 Å². The molecule has 124 valence electrons. The standard InChI is InChI=1S/C13H16ClF3N2O3/c1-22-10-3-2-9(14)6-8(10)7-19-12(21)18-5-4-11(20)13(15,16)17/h2-3,6,11,20H,4-5,7H2,1H3,(H2,18,19,21). The second-order valence-electron chi connectivity index (χ2n) is 4.41. The van der Waals surface area contributed by atoms with Crippen molar-refractivity contribution < 1.29 is 27.8 Å². The fourth-order valence-electron chi connectivity index (χ4n) is 1.61. The quantitative estimate of drug-likeness (QED) is 0.745. The first-order chi connectivity index (χ1) is 10.2. The van der Waals surface area contributed by atoms with Crippen molar-refractivity contribution in [2.75, 3.05) is 13.7 Å². The van der Waals surface area contributed by atoms with E-state index in [2.05, 4.69) is 10.6 Å². The molecule has 0 fully saturated rings. The van der Waals surface area contributed by atoms with Crippen molar-refractivity contribution >= 4 is 17.6 Å². The summed E-state index contributed by atoms with van der Waals surface area (Å²) in [7, 11) is 1.46. The Morgan fingerprint density at radius 1 is 1.41 bits per heavy atom. The highest BCUT2D eigenvalue weighted by Crippen LogP contribution is 2.22. The predicted molar refractivity (Wildman–Crippen MR) is 74.9 cm³/mol. The van der Waals surface area contributed by atoms with Crippen LogP contribution >= 0.6 is 11.6 Å². The lowest BCUT2D eigenvalue weighted by Gasteiger charge is -2.15. The Morgan fingerprint density at radius 3 is 2.68 bits per heavy atom. The van der Waals surface area contributed by atoms with Crippen molar-refractivity contribution in [3.63, 3.8) is 0 Å². The van der Waals surface area contributed by atoms with Gasteiger partial charge in [0.1, 0.15) is 5.75 Å². The van der Waals surface area contributed by atoms with Crippen molar-refractivity contribution in [3.05, 3.63) is 28.8 Å². The molecule has 1 aromatic carbocycles. The molecule has 22 heavy (non-hydrogen) atoms. The Bertz CT molecular complexity index is 512. The average Bonchev–Trinajstić information content (AvgIpc) is 2.44. The number of amides is 2. The lowest BCUT2D eigenvalue weighted by molar-refractivity contribution is -0.204. The van der Waals surface area contributed by atoms with Crippen molar-refractivity contribution in [2.24, 2.45) is 0 Å². The number of ether oxygens (including phenoxy) is 1. The van der Waals surface area contributed by atoms with Crippen LogP contribution in [0.5, 0.6) is 5.75 Å². The molecule has 0 aliphatic rings. The Hall–Kier alpha value is -1.67. The van der Waals surface area contributed by atoms with E-state index in [1.165, 1.54) is 7.11 Å². The second kappa shape index (κ2) is 8.09. The predicted octanol–water partition coefficient (Wildman–Crippen LogP) is 2.46. The molecule has 2 amide bonds. The molecule has 0 bridgehead atoms. The minimum atomic E-state index is -4.69. The van der Waals surface area contributed by atoms with Gasteiger partial charge in [0.2, 0.25) is 0 Å². The number of aliphatic hydroxyl groups is 1. The Labute approximate surface area is 130 Å². The number of rotatable bonds is 6. The smallest absolute Gasteiger partial charge is 0.414 e. The molecule has 0 aliphatic carbocycles. The summed E-state index contributed by atoms with van der Waals surface area (Å²) in [4.78, 5) is 11.5. The highest BCUT2D eigenvalue weighted by molar-refractivity contribution is 6.30. The molecule has 0 radical (unpaired) electrons. The van der Waals surface area contributed by atoms with Gasteiger partial charge in [0.15, 0.2) is 6.10 Å². The lowest BCUT2D eigenvalue weighted by atomic mass is 10.2. The zero-order chi connectivity index (χ0) is 16.8. The number of aliphatic hydroxyl groups excluding tert-OH is 1. The van der Waals surface area contributed by atoms with Crippen molar-refractivity contribution in [2.45, 2.75) is 25.2 Å². The van der Waals surface area contributed by atoms with E-state index >= 15 is 0 Å². The molecule has 0 saturated carbocycles. The largest absolute Gasteiger partial charge is 0.496 e. The Balaban J connectivity index is 2.39. The third-order valence-corrected chi connectivity index (χ3v) is 3.00. The molecule has 3 N–H and O–H groups in total. The number of alkyl halides is 3. The number of hydrogen-bond acceptors (Lipinski definition) is 3. The topological polar surface area (TPSA) is 70.6 Å². The molecule has 1 atom stereocenters. The van der Waals surface area contributed by atoms with Gasteiger partial charge >= 0.3 is 12.2 Å². The number of carbonyl (C=O) groups is 1. The number of hydrogen-bond donors (Lipinski definition) is 3. The second-order valence-corrected chi connectivity index (χ2v) is 4.85. The molecule has 0 heterocycles. The maximum Gasteiger partial charge on any atom is 0.414 e. The van der Waals surface area contributed by atoms with Gasteiger partial charge in [-0.25, -0.2) is 4.79 Å². The van der Waals surface area contributed by atoms with Crippen LogP contribution in [0.15, 0.2) is 18.2 Å². The van der Waals surface area contributed by atoms with E-state index in [4.69, 9.17) is 21.4 Å². The third kappa shape index (κ3) is 5.98. The van der Waals surface area contributed by atoms with Crippen molar-refractivity contribution in [3.8, 4) is 5.75 Å². The van der Waals surface area contributed by atoms with Crippen LogP contribution in [-0.4, -0.2) is 37.1 Å². The van der Waals surface area contributed by atoms with Gasteiger partial charge in [-0.1, -0.05) is 11.6 Å². The molecule has 5 nitrogen and oxygen atoms in total. The Morgan fingerprint density at radius 2 is 2.09 bits per heavy atom. The molecule has 1 aromatic rings. The zero-order valence-corrected chi connectivity index (χ0v) is 12.5. The van der Waals surface area contributed by atoms with Gasteiger partial charge in [0.05, 0.1) is 7.11 Å². The third-order valence-electron chi connectivity index (χ3n) is 2.76. The van der Waals surface area contributed by atoms with E-state index in [1.807, 2.05) is 0 Å². The van der Waals surface area contributed by atoms with Gasteiger partial charge < -0.3 is 20.5 Å². The number of carbonyl (C=O) groups excluding carboxylic acids is 1. The van der Waals surface area contributed by atoms with Crippen LogP contribution < -0.4 is 15.4 Å². The molecular formula is C13H16ClF3N2O3. The maximum atomic E-state index is 12.1. The summed E-state index contributed by atoms with van der Waals surface area (Å²) in [6.45, 7) is -0.212. The summed E-state index contributed by atoms with van der Waals surface area (Å²) in [5.74, 6) is 0.525. The zero-order valence-electron chi connectivity index (χ0n) is 11.7. The van der Waals surface area contributed by atoms with Crippen LogP contribution in [0.3, 0.4) is 0 Å². The van der Waals surface area contributed by atoms with Crippen LogP contribution in [0.4, 0.5) is 18.0 Å². The van der Waals surface area contributed by atoms with Crippen LogP contribution in [0.2, 0.25) is 5.02 Å². The molecule has 0 aliphatic heterocycles. The molecule has 0 aromatic heterocycles. The maximum absolute atomic E-state index is 12.1. The van der Waals surface area contributed by atoms with Gasteiger partial charge in [0, 0.05) is 23.7 Å². The molecular weight excluding hydrogens is 325 g/mol. The summed E-state index contributed by atoms with van der Waals surface area (Å²) < 4.78 is 41.3. The summed E-state index contributed by atoms with van der Waals surface area (Å²) in [5, 5.41) is 13.9. The first-order valence-corrected chi connectivity index (χ1v) is 6.70. The summed E-state index contributed by atoms with van der Waals surface area (Å²) in [5.41, 5.74) is 0.625. The van der Waals surface area contributed by atoms with Gasteiger partial charge in [-0.2, -0.15) is 13.2 Å². The summed E-state index contributed by atoms with van der Waals surface area (Å²) in [6, 6.07) is 4.21. The van der Waals surface area contributed by atoms with Crippen LogP contribution in [0.25, 0.3) is 0 Å². The lowest BCUT2D eigenvalue weighted by Crippen LogP contribution is -2.38. The fourth-order valence-corrected chi connectivity index (χ4v) is 1.80. The summed E-state index contributed by atoms with van der Waals surface area (Å²) >= 11 is 5.83. The van der Waals surface area contributed by atoms with Crippen LogP contribution in [0.1, 0.15) is 12.0 Å². The van der Waals surface area contributed by atoms with Gasteiger partial charge in [-0.05, 0) is 24.6 Å². The van der Waals surface area contributed by atoms with E-state index in [-0.39, 0.29) is 13.1 Å². The summed E-state index contributed by atoms with van der Waals surface area (Å²) in [6.07, 6.45) is -7.76. The highest BCUT2D eigenvalue weighted by atomic mass is 35.5. The molecule has 0 saturated heterocycles. The fraction of sp³-hybridized carbons (Fsp3) is 0.462. The molecule has 0 spiro atoms. The van der Waals surface area contributed by atoms with Gasteiger partial charge in [-0.3, -0.25) is 0 Å². The highest BCUT2D eigenvalue weighted by Gasteiger charge is 2.37. The molecule has 9 heteroatoms. The monoisotopic (exact) mass is 340 g/mol. The number of nitrogens with one attached hydrogen (secondary N) is 2. The number of halogens is 4. The first kappa shape index (κ1) is 18.4. The van der Waals surface area contributed by atoms with E-state index < -0.39 is 24.7 Å². The SMILES string of the molecule is COc1ccc(Cl)cc1CNC(=O)NCCC(O)C(F)(F)F. The minimum Gasteiger partial charge on any atom is -0.496 e. The van der Waals surface area contributed by atoms with E-state index in [1.54, 1.807) is 18.2 Å². The van der Waals surface area contributed by atoms with Gasteiger partial charge in [0.25, 0.3) is 0 Å². The molecule has 1 rings (SSSR count). The first-order valence-electron chi connectivity index (χ1n) is 6.33. The van der Waals surface area contributed by atoms with Crippen LogP contribution in [0, 0.1) is 0 Å². The van der Waals surface area contributed by atoms with E-state index in [9.17, 15) is 18.0 Å². The normalized spacial score (nSPS) is 12.6. The Kier molecular flexibility index (Phi) is 6.76. The number of methoxy groups -OCH3 is 1.